The number of pyridine rings is 1. The van der Waals surface area contributed by atoms with Gasteiger partial charge in [0.25, 0.3) is 0 Å². The molecule has 0 spiro atoms. The lowest BCUT2D eigenvalue weighted by atomic mass is 9.64. The van der Waals surface area contributed by atoms with Crippen LogP contribution >= 0.6 is 0 Å². The Morgan fingerprint density at radius 2 is 2.00 bits per heavy atom. The number of rotatable bonds is 9. The van der Waals surface area contributed by atoms with Gasteiger partial charge in [0.1, 0.15) is 10.7 Å². The van der Waals surface area contributed by atoms with Crippen molar-refractivity contribution >= 4 is 15.8 Å². The standard InChI is InChI=1S/C24H39N3O4S/c1-18(2)16-31-20-7-11-27(12-8-20)23-14-19(3)21(15-25-23)32(28,29)26-17-24(9-5-10-24)22-6-4-13-30-22/h14-15,18,20,22,26H,4-13,16-17H2,1-3H3. The van der Waals surface area contributed by atoms with Crippen molar-refractivity contribution in [3.8, 4) is 0 Å². The van der Waals surface area contributed by atoms with E-state index in [4.69, 9.17) is 9.47 Å². The van der Waals surface area contributed by atoms with Gasteiger partial charge in [-0.2, -0.15) is 0 Å². The minimum Gasteiger partial charge on any atom is -0.378 e. The number of nitrogens with zero attached hydrogens (tertiary/aromatic N) is 2. The number of hydrogen-bond donors (Lipinski definition) is 1. The zero-order chi connectivity index (χ0) is 22.8. The minimum absolute atomic E-state index is 0.0349. The summed E-state index contributed by atoms with van der Waals surface area (Å²) in [5.41, 5.74) is 0.702. The first-order valence-electron chi connectivity index (χ1n) is 12.2. The largest absolute Gasteiger partial charge is 0.378 e. The van der Waals surface area contributed by atoms with Crippen LogP contribution in [0.15, 0.2) is 17.2 Å². The Labute approximate surface area is 193 Å². The van der Waals surface area contributed by atoms with Crippen LogP contribution in [0.4, 0.5) is 5.82 Å². The van der Waals surface area contributed by atoms with Crippen LogP contribution in [-0.4, -0.2) is 58.5 Å². The first-order valence-corrected chi connectivity index (χ1v) is 13.7. The molecule has 1 unspecified atom stereocenters. The molecule has 0 bridgehead atoms. The van der Waals surface area contributed by atoms with Gasteiger partial charge in [-0.1, -0.05) is 20.3 Å². The first kappa shape index (κ1) is 23.9. The number of hydrogen-bond acceptors (Lipinski definition) is 6. The van der Waals surface area contributed by atoms with Crippen LogP contribution in [0.1, 0.15) is 64.4 Å². The zero-order valence-electron chi connectivity index (χ0n) is 19.8. The monoisotopic (exact) mass is 465 g/mol. The second-order valence-corrected chi connectivity index (χ2v) is 12.0. The molecule has 1 saturated carbocycles. The first-order chi connectivity index (χ1) is 15.3. The number of piperidine rings is 1. The molecule has 180 valence electrons. The van der Waals surface area contributed by atoms with Crippen molar-refractivity contribution in [2.24, 2.45) is 11.3 Å². The van der Waals surface area contributed by atoms with Gasteiger partial charge in [0.15, 0.2) is 0 Å². The highest BCUT2D eigenvalue weighted by Crippen LogP contribution is 2.47. The highest BCUT2D eigenvalue weighted by Gasteiger charge is 2.46. The Balaban J connectivity index is 1.36. The molecular weight excluding hydrogens is 426 g/mol. The Hall–Kier alpha value is -1.22. The quantitative estimate of drug-likeness (QED) is 0.599. The molecular formula is C24H39N3O4S. The van der Waals surface area contributed by atoms with Gasteiger partial charge < -0.3 is 14.4 Å². The Morgan fingerprint density at radius 3 is 2.56 bits per heavy atom. The summed E-state index contributed by atoms with van der Waals surface area (Å²) < 4.78 is 41.0. The summed E-state index contributed by atoms with van der Waals surface area (Å²) in [4.78, 5) is 7.03. The maximum Gasteiger partial charge on any atom is 0.242 e. The van der Waals surface area contributed by atoms with E-state index in [1.165, 1.54) is 6.20 Å². The predicted octanol–water partition coefficient (Wildman–Crippen LogP) is 3.66. The number of aromatic nitrogens is 1. The second kappa shape index (κ2) is 9.95. The summed E-state index contributed by atoms with van der Waals surface area (Å²) in [6, 6.07) is 1.91. The summed E-state index contributed by atoms with van der Waals surface area (Å²) >= 11 is 0. The third-order valence-electron chi connectivity index (χ3n) is 7.35. The fourth-order valence-electron chi connectivity index (χ4n) is 5.18. The lowest BCUT2D eigenvalue weighted by Gasteiger charge is -2.46. The highest BCUT2D eigenvalue weighted by molar-refractivity contribution is 7.89. The van der Waals surface area contributed by atoms with E-state index in [0.29, 0.717) is 18.6 Å². The molecule has 1 aromatic heterocycles. The number of sulfonamides is 1. The number of ether oxygens (including phenoxy) is 2. The molecule has 32 heavy (non-hydrogen) atoms. The van der Waals surface area contributed by atoms with Crippen LogP contribution in [0.3, 0.4) is 0 Å². The van der Waals surface area contributed by atoms with Crippen molar-refractivity contribution in [1.82, 2.24) is 9.71 Å². The molecule has 0 radical (unpaired) electrons. The summed E-state index contributed by atoms with van der Waals surface area (Å²) in [6.07, 6.45) is 9.29. The molecule has 1 aromatic rings. The van der Waals surface area contributed by atoms with Crippen molar-refractivity contribution in [3.05, 3.63) is 17.8 Å². The van der Waals surface area contributed by atoms with Gasteiger partial charge in [-0.05, 0) is 63.0 Å². The molecule has 3 aliphatic rings. The number of aryl methyl sites for hydroxylation is 1. The normalized spacial score (nSPS) is 24.1. The van der Waals surface area contributed by atoms with Crippen LogP contribution in [0.5, 0.6) is 0 Å². The van der Waals surface area contributed by atoms with E-state index in [1.54, 1.807) is 0 Å². The maximum atomic E-state index is 13.1. The second-order valence-electron chi connectivity index (χ2n) is 10.3. The summed E-state index contributed by atoms with van der Waals surface area (Å²) in [7, 11) is -3.61. The van der Waals surface area contributed by atoms with Gasteiger partial charge in [0, 0.05) is 44.5 Å². The average molecular weight is 466 g/mol. The molecule has 2 aliphatic heterocycles. The third-order valence-corrected chi connectivity index (χ3v) is 8.88. The topological polar surface area (TPSA) is 80.8 Å². The van der Waals surface area contributed by atoms with E-state index in [2.05, 4.69) is 28.5 Å². The molecule has 4 rings (SSSR count). The molecule has 7 nitrogen and oxygen atoms in total. The number of anilines is 1. The van der Waals surface area contributed by atoms with Crippen molar-refractivity contribution in [2.45, 2.75) is 82.8 Å². The van der Waals surface area contributed by atoms with Crippen molar-refractivity contribution in [3.63, 3.8) is 0 Å². The van der Waals surface area contributed by atoms with Crippen LogP contribution in [0, 0.1) is 18.3 Å². The van der Waals surface area contributed by atoms with Crippen LogP contribution in [0.25, 0.3) is 0 Å². The Bertz CT molecular complexity index is 871. The molecule has 8 heteroatoms. The Kier molecular flexibility index (Phi) is 7.44. The molecule has 2 saturated heterocycles. The summed E-state index contributed by atoms with van der Waals surface area (Å²) in [5, 5.41) is 0. The third kappa shape index (κ3) is 5.29. The molecule has 1 N–H and O–H groups in total. The van der Waals surface area contributed by atoms with Gasteiger partial charge >= 0.3 is 0 Å². The van der Waals surface area contributed by atoms with Gasteiger partial charge in [-0.15, -0.1) is 0 Å². The maximum absolute atomic E-state index is 13.1. The predicted molar refractivity (Wildman–Crippen MR) is 125 cm³/mol. The fourth-order valence-corrected chi connectivity index (χ4v) is 6.49. The smallest absolute Gasteiger partial charge is 0.242 e. The van der Waals surface area contributed by atoms with Crippen LogP contribution < -0.4 is 9.62 Å². The molecule has 3 fully saturated rings. The van der Waals surface area contributed by atoms with E-state index < -0.39 is 10.0 Å². The summed E-state index contributed by atoms with van der Waals surface area (Å²) in [6.45, 7) is 10.00. The number of nitrogens with one attached hydrogen (secondary N) is 1. The van der Waals surface area contributed by atoms with Crippen LogP contribution in [-0.2, 0) is 19.5 Å². The lowest BCUT2D eigenvalue weighted by Crippen LogP contribution is -2.49. The zero-order valence-corrected chi connectivity index (χ0v) is 20.6. The van der Waals surface area contributed by atoms with Gasteiger partial charge in [-0.25, -0.2) is 18.1 Å². The van der Waals surface area contributed by atoms with E-state index in [9.17, 15) is 8.42 Å². The fraction of sp³-hybridized carbons (Fsp3) is 0.792. The molecule has 1 atom stereocenters. The van der Waals surface area contributed by atoms with Crippen LogP contribution in [0.2, 0.25) is 0 Å². The van der Waals surface area contributed by atoms with E-state index >= 15 is 0 Å². The molecule has 3 heterocycles. The highest BCUT2D eigenvalue weighted by atomic mass is 32.2. The van der Waals surface area contributed by atoms with Gasteiger partial charge in [0.05, 0.1) is 12.2 Å². The minimum atomic E-state index is -3.61. The van der Waals surface area contributed by atoms with Crippen molar-refractivity contribution in [1.29, 1.82) is 0 Å². The van der Waals surface area contributed by atoms with E-state index in [0.717, 1.165) is 82.6 Å². The molecule has 0 amide bonds. The molecule has 1 aliphatic carbocycles. The lowest BCUT2D eigenvalue weighted by molar-refractivity contribution is -0.0460. The molecule has 0 aromatic carbocycles. The van der Waals surface area contributed by atoms with Gasteiger partial charge in [0.2, 0.25) is 10.0 Å². The van der Waals surface area contributed by atoms with Gasteiger partial charge in [-0.3, -0.25) is 0 Å². The van der Waals surface area contributed by atoms with Crippen molar-refractivity contribution < 1.29 is 17.9 Å². The summed E-state index contributed by atoms with van der Waals surface area (Å²) in [5.74, 6) is 1.39. The van der Waals surface area contributed by atoms with E-state index in [1.807, 2.05) is 13.0 Å². The average Bonchev–Trinajstić information content (AvgIpc) is 3.26. The van der Waals surface area contributed by atoms with E-state index in [-0.39, 0.29) is 16.4 Å². The SMILES string of the molecule is Cc1cc(N2CCC(OCC(C)C)CC2)ncc1S(=O)(=O)NCC1(C2CCCO2)CCC1. The van der Waals surface area contributed by atoms with Crippen molar-refractivity contribution in [2.75, 3.05) is 37.7 Å². The Morgan fingerprint density at radius 1 is 1.25 bits per heavy atom.